The number of carbonyl (C=O) groups is 3. The fraction of sp³-hybridized carbons (Fsp3) is 0.222. The quantitative estimate of drug-likeness (QED) is 0.573. The van der Waals surface area contributed by atoms with Gasteiger partial charge >= 0.3 is 5.97 Å². The van der Waals surface area contributed by atoms with Crippen LogP contribution in [0.15, 0.2) is 18.3 Å². The fourth-order valence-corrected chi connectivity index (χ4v) is 1.06. The number of nitrogens with two attached hydrogens (primary N) is 1. The topological polar surface area (TPSA) is 135 Å². The van der Waals surface area contributed by atoms with Gasteiger partial charge in [0.25, 0.3) is 5.91 Å². The molecule has 1 aromatic heterocycles. The lowest BCUT2D eigenvalue weighted by Gasteiger charge is -2.11. The van der Waals surface area contributed by atoms with Crippen LogP contribution in [0, 0.1) is 0 Å². The summed E-state index contributed by atoms with van der Waals surface area (Å²) in [6.45, 7) is 0. The highest BCUT2D eigenvalue weighted by atomic mass is 16.4. The summed E-state index contributed by atoms with van der Waals surface area (Å²) >= 11 is 0. The molecular weight excluding hydrogens is 228 g/mol. The SMILES string of the molecule is NC(=O)C[C@H](NC(=O)c1cccnn1)C(=O)O. The largest absolute Gasteiger partial charge is 0.480 e. The minimum Gasteiger partial charge on any atom is -0.480 e. The van der Waals surface area contributed by atoms with Gasteiger partial charge in [0.05, 0.1) is 6.42 Å². The van der Waals surface area contributed by atoms with E-state index in [0.29, 0.717) is 0 Å². The van der Waals surface area contributed by atoms with Gasteiger partial charge in [-0.3, -0.25) is 9.59 Å². The normalized spacial score (nSPS) is 11.5. The Hall–Kier alpha value is -2.51. The fourth-order valence-electron chi connectivity index (χ4n) is 1.06. The summed E-state index contributed by atoms with van der Waals surface area (Å²) in [7, 11) is 0. The maximum absolute atomic E-state index is 11.5. The van der Waals surface area contributed by atoms with Crippen LogP contribution in [0.5, 0.6) is 0 Å². The molecule has 90 valence electrons. The highest BCUT2D eigenvalue weighted by Gasteiger charge is 2.23. The molecule has 8 nitrogen and oxygen atoms in total. The van der Waals surface area contributed by atoms with Crippen molar-refractivity contribution in [3.63, 3.8) is 0 Å². The van der Waals surface area contributed by atoms with Crippen LogP contribution in [0.2, 0.25) is 0 Å². The lowest BCUT2D eigenvalue weighted by atomic mass is 10.2. The Morgan fingerprint density at radius 1 is 1.47 bits per heavy atom. The highest BCUT2D eigenvalue weighted by molar-refractivity contribution is 5.95. The smallest absolute Gasteiger partial charge is 0.326 e. The van der Waals surface area contributed by atoms with Crippen molar-refractivity contribution in [2.45, 2.75) is 12.5 Å². The number of hydrogen-bond donors (Lipinski definition) is 3. The van der Waals surface area contributed by atoms with Crippen molar-refractivity contribution in [2.24, 2.45) is 5.73 Å². The van der Waals surface area contributed by atoms with Gasteiger partial charge in [-0.15, -0.1) is 5.10 Å². The molecule has 0 aliphatic heterocycles. The molecule has 0 saturated carbocycles. The molecule has 0 spiro atoms. The van der Waals surface area contributed by atoms with E-state index in [1.165, 1.54) is 18.3 Å². The molecule has 1 rings (SSSR count). The zero-order valence-corrected chi connectivity index (χ0v) is 8.66. The van der Waals surface area contributed by atoms with Crippen LogP contribution in [-0.4, -0.2) is 39.1 Å². The number of amides is 2. The third kappa shape index (κ3) is 3.86. The van der Waals surface area contributed by atoms with Crippen molar-refractivity contribution in [3.05, 3.63) is 24.0 Å². The molecule has 1 heterocycles. The molecule has 1 atom stereocenters. The average Bonchev–Trinajstić information content (AvgIpc) is 2.28. The highest BCUT2D eigenvalue weighted by Crippen LogP contribution is 1.96. The van der Waals surface area contributed by atoms with Crippen LogP contribution in [0.25, 0.3) is 0 Å². The van der Waals surface area contributed by atoms with Crippen LogP contribution < -0.4 is 11.1 Å². The maximum Gasteiger partial charge on any atom is 0.326 e. The van der Waals surface area contributed by atoms with E-state index < -0.39 is 30.2 Å². The van der Waals surface area contributed by atoms with Crippen LogP contribution in [0.1, 0.15) is 16.9 Å². The molecule has 0 aliphatic carbocycles. The second-order valence-corrected chi connectivity index (χ2v) is 3.14. The number of hydrogen-bond acceptors (Lipinski definition) is 5. The predicted molar refractivity (Wildman–Crippen MR) is 54.7 cm³/mol. The summed E-state index contributed by atoms with van der Waals surface area (Å²) in [4.78, 5) is 32.9. The van der Waals surface area contributed by atoms with Gasteiger partial charge in [-0.05, 0) is 12.1 Å². The molecule has 0 unspecified atom stereocenters. The van der Waals surface area contributed by atoms with Crippen LogP contribution in [-0.2, 0) is 9.59 Å². The second kappa shape index (κ2) is 5.54. The minimum absolute atomic E-state index is 0.0387. The van der Waals surface area contributed by atoms with E-state index in [4.69, 9.17) is 10.8 Å². The van der Waals surface area contributed by atoms with Crippen LogP contribution in [0.3, 0.4) is 0 Å². The van der Waals surface area contributed by atoms with Gasteiger partial charge < -0.3 is 16.2 Å². The number of nitrogens with zero attached hydrogens (tertiary/aromatic N) is 2. The van der Waals surface area contributed by atoms with Crippen molar-refractivity contribution >= 4 is 17.8 Å². The zero-order chi connectivity index (χ0) is 12.8. The maximum atomic E-state index is 11.5. The van der Waals surface area contributed by atoms with Gasteiger partial charge in [-0.25, -0.2) is 4.79 Å². The van der Waals surface area contributed by atoms with Crippen LogP contribution >= 0.6 is 0 Å². The van der Waals surface area contributed by atoms with E-state index >= 15 is 0 Å². The molecule has 4 N–H and O–H groups in total. The Kier molecular flexibility index (Phi) is 4.09. The molecule has 1 aromatic rings. The van der Waals surface area contributed by atoms with Crippen molar-refractivity contribution in [2.75, 3.05) is 0 Å². The van der Waals surface area contributed by atoms with Gasteiger partial charge in [-0.2, -0.15) is 5.10 Å². The summed E-state index contributed by atoms with van der Waals surface area (Å²) in [5, 5.41) is 17.8. The number of aromatic nitrogens is 2. The summed E-state index contributed by atoms with van der Waals surface area (Å²) < 4.78 is 0. The molecule has 8 heteroatoms. The first-order valence-corrected chi connectivity index (χ1v) is 4.60. The molecule has 2 amide bonds. The molecule has 0 bridgehead atoms. The summed E-state index contributed by atoms with van der Waals surface area (Å²) in [6.07, 6.45) is 0.885. The van der Waals surface area contributed by atoms with Gasteiger partial charge in [0, 0.05) is 6.20 Å². The lowest BCUT2D eigenvalue weighted by molar-refractivity contribution is -0.140. The van der Waals surface area contributed by atoms with E-state index in [0.717, 1.165) is 0 Å². The Morgan fingerprint density at radius 3 is 2.65 bits per heavy atom. The van der Waals surface area contributed by atoms with Crippen molar-refractivity contribution in [1.82, 2.24) is 15.5 Å². The first-order chi connectivity index (χ1) is 8.00. The molecule has 0 aliphatic rings. The Morgan fingerprint density at radius 2 is 2.18 bits per heavy atom. The number of carbonyl (C=O) groups excluding carboxylic acids is 2. The third-order valence-corrected chi connectivity index (χ3v) is 1.81. The van der Waals surface area contributed by atoms with Gasteiger partial charge in [-0.1, -0.05) is 0 Å². The standard InChI is InChI=1S/C9H10N4O4/c10-7(14)4-6(9(16)17)12-8(15)5-2-1-3-11-13-5/h1-3,6H,4H2,(H2,10,14)(H,12,15)(H,16,17)/t6-/m0/s1. The Bertz CT molecular complexity index is 434. The molecule has 17 heavy (non-hydrogen) atoms. The average molecular weight is 238 g/mol. The third-order valence-electron chi connectivity index (χ3n) is 1.81. The first-order valence-electron chi connectivity index (χ1n) is 4.60. The van der Waals surface area contributed by atoms with Gasteiger partial charge in [0.1, 0.15) is 6.04 Å². The van der Waals surface area contributed by atoms with E-state index in [2.05, 4.69) is 15.5 Å². The number of primary amides is 1. The monoisotopic (exact) mass is 238 g/mol. The predicted octanol–water partition coefficient (Wildman–Crippen LogP) is -1.47. The minimum atomic E-state index is -1.37. The second-order valence-electron chi connectivity index (χ2n) is 3.14. The van der Waals surface area contributed by atoms with E-state index in [-0.39, 0.29) is 5.69 Å². The zero-order valence-electron chi connectivity index (χ0n) is 8.66. The van der Waals surface area contributed by atoms with Gasteiger partial charge in [0.2, 0.25) is 5.91 Å². The number of carboxylic acid groups (broad SMARTS) is 1. The van der Waals surface area contributed by atoms with Crippen molar-refractivity contribution in [3.8, 4) is 0 Å². The molecule has 0 radical (unpaired) electrons. The van der Waals surface area contributed by atoms with E-state index in [1.807, 2.05) is 0 Å². The van der Waals surface area contributed by atoms with Crippen molar-refractivity contribution in [1.29, 1.82) is 0 Å². The lowest BCUT2D eigenvalue weighted by Crippen LogP contribution is -2.43. The van der Waals surface area contributed by atoms with Crippen molar-refractivity contribution < 1.29 is 19.5 Å². The number of aliphatic carboxylic acids is 1. The molecule has 0 fully saturated rings. The summed E-state index contributed by atoms with van der Waals surface area (Å²) in [6, 6.07) is 1.47. The molecular formula is C9H10N4O4. The number of rotatable bonds is 5. The first kappa shape index (κ1) is 12.6. The van der Waals surface area contributed by atoms with E-state index in [9.17, 15) is 14.4 Å². The summed E-state index contributed by atoms with van der Waals surface area (Å²) in [5.74, 6) is -2.90. The Labute approximate surface area is 95.8 Å². The Balaban J connectivity index is 2.71. The van der Waals surface area contributed by atoms with E-state index in [1.54, 1.807) is 0 Å². The summed E-state index contributed by atoms with van der Waals surface area (Å²) in [5.41, 5.74) is 4.83. The molecule has 0 saturated heterocycles. The molecule has 0 aromatic carbocycles. The van der Waals surface area contributed by atoms with Crippen LogP contribution in [0.4, 0.5) is 0 Å². The van der Waals surface area contributed by atoms with Gasteiger partial charge in [0.15, 0.2) is 5.69 Å². The number of nitrogens with one attached hydrogen (secondary N) is 1. The number of carboxylic acids is 1.